The minimum absolute atomic E-state index is 0.00213. The van der Waals surface area contributed by atoms with Crippen LogP contribution in [0, 0.1) is 0 Å². The predicted molar refractivity (Wildman–Crippen MR) is 96.4 cm³/mol. The third-order valence-corrected chi connectivity index (χ3v) is 4.91. The summed E-state index contributed by atoms with van der Waals surface area (Å²) in [6, 6.07) is 3.78. The summed E-state index contributed by atoms with van der Waals surface area (Å²) in [7, 11) is 0. The summed E-state index contributed by atoms with van der Waals surface area (Å²) < 4.78 is 11.1. The van der Waals surface area contributed by atoms with Gasteiger partial charge < -0.3 is 19.4 Å². The summed E-state index contributed by atoms with van der Waals surface area (Å²) >= 11 is 0. The first-order valence-electron chi connectivity index (χ1n) is 9.61. The fourth-order valence-corrected chi connectivity index (χ4v) is 3.58. The van der Waals surface area contributed by atoms with Crippen LogP contribution < -0.4 is 5.32 Å². The van der Waals surface area contributed by atoms with Gasteiger partial charge in [-0.25, -0.2) is 0 Å². The Morgan fingerprint density at radius 1 is 1.38 bits per heavy atom. The van der Waals surface area contributed by atoms with Crippen LogP contribution in [0.25, 0.3) is 0 Å². The second-order valence-corrected chi connectivity index (χ2v) is 7.07. The van der Waals surface area contributed by atoms with Crippen LogP contribution in [0.3, 0.4) is 0 Å². The molecule has 1 aromatic rings. The van der Waals surface area contributed by atoms with Gasteiger partial charge in [-0.2, -0.15) is 0 Å². The van der Waals surface area contributed by atoms with Crippen molar-refractivity contribution in [3.63, 3.8) is 0 Å². The lowest BCUT2D eigenvalue weighted by molar-refractivity contribution is -0.127. The zero-order valence-corrected chi connectivity index (χ0v) is 15.3. The van der Waals surface area contributed by atoms with Crippen LogP contribution in [0.4, 0.5) is 0 Å². The molecule has 0 saturated carbocycles. The highest BCUT2D eigenvalue weighted by molar-refractivity contribution is 5.78. The molecule has 26 heavy (non-hydrogen) atoms. The first-order valence-corrected chi connectivity index (χ1v) is 9.61. The number of likely N-dealkylation sites (tertiary alicyclic amines) is 1. The molecule has 144 valence electrons. The number of amides is 2. The Labute approximate surface area is 154 Å². The molecule has 2 aliphatic heterocycles. The van der Waals surface area contributed by atoms with E-state index in [1.807, 2.05) is 17.0 Å². The van der Waals surface area contributed by atoms with Crippen LogP contribution in [0.1, 0.15) is 37.9 Å². The molecule has 1 atom stereocenters. The first-order chi connectivity index (χ1) is 12.7. The van der Waals surface area contributed by atoms with Crippen molar-refractivity contribution in [2.45, 2.75) is 44.8 Å². The normalized spacial score (nSPS) is 20.3. The van der Waals surface area contributed by atoms with E-state index in [0.717, 1.165) is 57.7 Å². The Hall–Kier alpha value is -1.86. The summed E-state index contributed by atoms with van der Waals surface area (Å²) in [6.45, 7) is 4.64. The monoisotopic (exact) mass is 363 g/mol. The lowest BCUT2D eigenvalue weighted by atomic mass is 10.2. The van der Waals surface area contributed by atoms with Gasteiger partial charge in [-0.1, -0.05) is 0 Å². The molecule has 7 nitrogen and oxygen atoms in total. The van der Waals surface area contributed by atoms with Gasteiger partial charge in [-0.05, 0) is 37.8 Å². The van der Waals surface area contributed by atoms with Gasteiger partial charge in [0.25, 0.3) is 0 Å². The Kier molecular flexibility index (Phi) is 7.08. The highest BCUT2D eigenvalue weighted by atomic mass is 16.5. The summed E-state index contributed by atoms with van der Waals surface area (Å²) in [5, 5.41) is 2.97. The van der Waals surface area contributed by atoms with Crippen LogP contribution >= 0.6 is 0 Å². The van der Waals surface area contributed by atoms with Crippen molar-refractivity contribution >= 4 is 11.8 Å². The molecule has 3 heterocycles. The molecular formula is C19H29N3O4. The number of nitrogens with one attached hydrogen (secondary N) is 1. The van der Waals surface area contributed by atoms with E-state index >= 15 is 0 Å². The summed E-state index contributed by atoms with van der Waals surface area (Å²) in [4.78, 5) is 27.8. The minimum Gasteiger partial charge on any atom is -0.468 e. The number of ether oxygens (including phenoxy) is 1. The van der Waals surface area contributed by atoms with Gasteiger partial charge in [-0.3, -0.25) is 14.5 Å². The Balaban J connectivity index is 1.39. The van der Waals surface area contributed by atoms with Crippen molar-refractivity contribution in [3.05, 3.63) is 24.2 Å². The van der Waals surface area contributed by atoms with Crippen LogP contribution in [0.2, 0.25) is 0 Å². The molecule has 0 aliphatic carbocycles. The third kappa shape index (κ3) is 5.85. The fourth-order valence-electron chi connectivity index (χ4n) is 3.58. The van der Waals surface area contributed by atoms with E-state index in [-0.39, 0.29) is 17.9 Å². The van der Waals surface area contributed by atoms with E-state index in [4.69, 9.17) is 9.15 Å². The maximum Gasteiger partial charge on any atom is 0.234 e. The number of furan rings is 1. The molecule has 1 N–H and O–H groups in total. The topological polar surface area (TPSA) is 75.0 Å². The highest BCUT2D eigenvalue weighted by Gasteiger charge is 2.22. The average Bonchev–Trinajstić information content (AvgIpc) is 3.36. The van der Waals surface area contributed by atoms with Crippen molar-refractivity contribution in [2.75, 3.05) is 39.3 Å². The van der Waals surface area contributed by atoms with E-state index in [9.17, 15) is 9.59 Å². The van der Waals surface area contributed by atoms with Gasteiger partial charge >= 0.3 is 0 Å². The second kappa shape index (κ2) is 9.73. The molecular weight excluding hydrogens is 334 g/mol. The molecule has 7 heteroatoms. The number of hydrogen-bond acceptors (Lipinski definition) is 5. The van der Waals surface area contributed by atoms with Crippen LogP contribution in [0.15, 0.2) is 22.8 Å². The molecule has 2 amide bonds. The smallest absolute Gasteiger partial charge is 0.234 e. The van der Waals surface area contributed by atoms with Gasteiger partial charge in [0.2, 0.25) is 11.8 Å². The molecule has 3 rings (SSSR count). The lowest BCUT2D eigenvalue weighted by Crippen LogP contribution is -2.41. The molecule has 0 spiro atoms. The summed E-state index contributed by atoms with van der Waals surface area (Å²) in [6.07, 6.45) is 6.38. The van der Waals surface area contributed by atoms with Gasteiger partial charge in [0.05, 0.1) is 25.5 Å². The zero-order chi connectivity index (χ0) is 18.2. The van der Waals surface area contributed by atoms with Gasteiger partial charge in [0, 0.05) is 39.2 Å². The quantitative estimate of drug-likeness (QED) is 0.636. The largest absolute Gasteiger partial charge is 0.468 e. The molecule has 0 aromatic carbocycles. The summed E-state index contributed by atoms with van der Waals surface area (Å²) in [5.74, 6) is 1.09. The van der Waals surface area contributed by atoms with Crippen molar-refractivity contribution in [1.82, 2.24) is 15.1 Å². The fraction of sp³-hybridized carbons (Fsp3) is 0.684. The molecule has 1 unspecified atom stereocenters. The van der Waals surface area contributed by atoms with E-state index in [0.29, 0.717) is 26.1 Å². The highest BCUT2D eigenvalue weighted by Crippen LogP contribution is 2.15. The first kappa shape index (κ1) is 18.9. The van der Waals surface area contributed by atoms with Crippen molar-refractivity contribution < 1.29 is 18.7 Å². The van der Waals surface area contributed by atoms with E-state index < -0.39 is 0 Å². The summed E-state index contributed by atoms with van der Waals surface area (Å²) in [5.41, 5.74) is 0. The maximum absolute atomic E-state index is 12.3. The minimum atomic E-state index is 0.00213. The van der Waals surface area contributed by atoms with Gasteiger partial charge in [-0.15, -0.1) is 0 Å². The molecule has 0 bridgehead atoms. The van der Waals surface area contributed by atoms with E-state index in [1.54, 1.807) is 6.26 Å². The number of carbonyl (C=O) groups excluding carboxylic acids is 2. The van der Waals surface area contributed by atoms with Gasteiger partial charge in [0.15, 0.2) is 0 Å². The third-order valence-electron chi connectivity index (χ3n) is 4.91. The van der Waals surface area contributed by atoms with Gasteiger partial charge in [0.1, 0.15) is 5.76 Å². The molecule has 2 aliphatic rings. The Morgan fingerprint density at radius 3 is 3.00 bits per heavy atom. The average molecular weight is 363 g/mol. The lowest BCUT2D eigenvalue weighted by Gasteiger charge is -2.24. The van der Waals surface area contributed by atoms with E-state index in [1.165, 1.54) is 0 Å². The number of carbonyl (C=O) groups is 2. The number of rotatable bonds is 10. The van der Waals surface area contributed by atoms with Crippen LogP contribution in [-0.2, 0) is 20.9 Å². The molecule has 1 aromatic heterocycles. The maximum atomic E-state index is 12.3. The molecule has 0 radical (unpaired) electrons. The van der Waals surface area contributed by atoms with Crippen LogP contribution in [0.5, 0.6) is 0 Å². The Morgan fingerprint density at radius 2 is 2.31 bits per heavy atom. The van der Waals surface area contributed by atoms with Crippen molar-refractivity contribution in [1.29, 1.82) is 0 Å². The molecule has 2 fully saturated rings. The number of nitrogens with zero attached hydrogens (tertiary/aromatic N) is 2. The Bertz CT molecular complexity index is 569. The predicted octanol–water partition coefficient (Wildman–Crippen LogP) is 1.39. The van der Waals surface area contributed by atoms with Crippen LogP contribution in [-0.4, -0.2) is 67.0 Å². The standard InChI is InChI=1S/C19H29N3O4/c23-18(20-8-4-10-22-9-1-7-19(22)24)15-21(13-16-5-2-11-25-16)14-17-6-3-12-26-17/h2,5,11,17H,1,3-4,6-10,12-15H2,(H,20,23). The SMILES string of the molecule is O=C(CN(Cc1ccco1)CC1CCCO1)NCCCN1CCCC1=O. The molecule has 2 saturated heterocycles. The second-order valence-electron chi connectivity index (χ2n) is 7.07. The van der Waals surface area contributed by atoms with Crippen molar-refractivity contribution in [2.24, 2.45) is 0 Å². The van der Waals surface area contributed by atoms with E-state index in [2.05, 4.69) is 10.2 Å². The zero-order valence-electron chi connectivity index (χ0n) is 15.3. The number of hydrogen-bond donors (Lipinski definition) is 1. The van der Waals surface area contributed by atoms with Crippen molar-refractivity contribution in [3.8, 4) is 0 Å².